The second-order valence-electron chi connectivity index (χ2n) is 5.13. The monoisotopic (exact) mass is 222 g/mol. The lowest BCUT2D eigenvalue weighted by Crippen LogP contribution is -2.40. The summed E-state index contributed by atoms with van der Waals surface area (Å²) >= 11 is 0. The van der Waals surface area contributed by atoms with Gasteiger partial charge in [0.05, 0.1) is 13.2 Å². The summed E-state index contributed by atoms with van der Waals surface area (Å²) in [5.74, 6) is -0.0777. The Hall–Kier alpha value is -0.670. The standard InChI is InChI=1S/C13H18O3/c14-11-3-1-2-4-12(11)5-7-13(8-6-12)15-9-10-16-13/h5,7H,1-4,6,8-10H2. The molecule has 3 rings (SSSR count). The molecule has 88 valence electrons. The highest BCUT2D eigenvalue weighted by Crippen LogP contribution is 2.45. The Morgan fingerprint density at radius 3 is 2.44 bits per heavy atom. The zero-order valence-corrected chi connectivity index (χ0v) is 9.54. The lowest BCUT2D eigenvalue weighted by Gasteiger charge is -2.39. The minimum absolute atomic E-state index is 0.182. The third kappa shape index (κ3) is 1.54. The summed E-state index contributed by atoms with van der Waals surface area (Å²) in [6.45, 7) is 1.34. The molecule has 3 nitrogen and oxygen atoms in total. The van der Waals surface area contributed by atoms with Crippen LogP contribution in [0.4, 0.5) is 0 Å². The molecule has 0 aromatic carbocycles. The van der Waals surface area contributed by atoms with Crippen molar-refractivity contribution in [2.24, 2.45) is 5.41 Å². The molecule has 3 heteroatoms. The molecule has 1 saturated carbocycles. The van der Waals surface area contributed by atoms with Crippen molar-refractivity contribution >= 4 is 5.78 Å². The van der Waals surface area contributed by atoms with Gasteiger partial charge in [0.1, 0.15) is 5.78 Å². The van der Waals surface area contributed by atoms with Crippen molar-refractivity contribution in [3.8, 4) is 0 Å². The first-order valence-corrected chi connectivity index (χ1v) is 6.26. The Morgan fingerprint density at radius 2 is 1.81 bits per heavy atom. The molecule has 0 radical (unpaired) electrons. The first-order chi connectivity index (χ1) is 7.75. The van der Waals surface area contributed by atoms with E-state index < -0.39 is 5.79 Å². The predicted octanol–water partition coefficient (Wildman–Crippen LogP) is 2.21. The van der Waals surface area contributed by atoms with Gasteiger partial charge in [-0.25, -0.2) is 0 Å². The highest BCUT2D eigenvalue weighted by Gasteiger charge is 2.46. The highest BCUT2D eigenvalue weighted by atomic mass is 16.7. The molecule has 1 aliphatic heterocycles. The van der Waals surface area contributed by atoms with Crippen LogP contribution in [-0.2, 0) is 14.3 Å². The smallest absolute Gasteiger partial charge is 0.188 e. The lowest BCUT2D eigenvalue weighted by atomic mass is 9.67. The maximum Gasteiger partial charge on any atom is 0.188 e. The zero-order chi connectivity index (χ0) is 11.1. The van der Waals surface area contributed by atoms with E-state index in [1.165, 1.54) is 6.42 Å². The van der Waals surface area contributed by atoms with Gasteiger partial charge in [0, 0.05) is 18.3 Å². The van der Waals surface area contributed by atoms with Crippen LogP contribution in [0.2, 0.25) is 0 Å². The summed E-state index contributed by atoms with van der Waals surface area (Å²) in [5.41, 5.74) is -0.182. The number of ketones is 1. The van der Waals surface area contributed by atoms with Crippen LogP contribution in [0.15, 0.2) is 12.2 Å². The molecule has 1 atom stereocenters. The van der Waals surface area contributed by atoms with Gasteiger partial charge in [-0.05, 0) is 25.3 Å². The fraction of sp³-hybridized carbons (Fsp3) is 0.769. The van der Waals surface area contributed by atoms with Gasteiger partial charge in [-0.1, -0.05) is 12.5 Å². The van der Waals surface area contributed by atoms with Gasteiger partial charge in [0.25, 0.3) is 0 Å². The van der Waals surface area contributed by atoms with Gasteiger partial charge in [-0.15, -0.1) is 0 Å². The highest BCUT2D eigenvalue weighted by molar-refractivity contribution is 5.87. The first kappa shape index (κ1) is 10.5. The van der Waals surface area contributed by atoms with E-state index in [9.17, 15) is 4.79 Å². The average molecular weight is 222 g/mol. The molecule has 0 aromatic rings. The molecule has 0 aromatic heterocycles. The molecule has 1 unspecified atom stereocenters. The topological polar surface area (TPSA) is 35.5 Å². The molecule has 2 spiro atoms. The van der Waals surface area contributed by atoms with Crippen molar-refractivity contribution < 1.29 is 14.3 Å². The fourth-order valence-electron chi connectivity index (χ4n) is 3.12. The minimum atomic E-state index is -0.497. The number of carbonyl (C=O) groups is 1. The molecule has 2 aliphatic carbocycles. The number of allylic oxidation sites excluding steroid dienone is 1. The third-order valence-corrected chi connectivity index (χ3v) is 4.18. The number of ether oxygens (including phenoxy) is 2. The van der Waals surface area contributed by atoms with E-state index in [-0.39, 0.29) is 5.41 Å². The fourth-order valence-corrected chi connectivity index (χ4v) is 3.12. The van der Waals surface area contributed by atoms with Crippen LogP contribution in [0.1, 0.15) is 38.5 Å². The second kappa shape index (κ2) is 3.67. The second-order valence-corrected chi connectivity index (χ2v) is 5.13. The van der Waals surface area contributed by atoms with E-state index in [0.29, 0.717) is 19.0 Å². The number of hydrogen-bond acceptors (Lipinski definition) is 3. The predicted molar refractivity (Wildman–Crippen MR) is 58.9 cm³/mol. The van der Waals surface area contributed by atoms with Crippen molar-refractivity contribution in [3.63, 3.8) is 0 Å². The molecular formula is C13H18O3. The molecular weight excluding hydrogens is 204 g/mol. The summed E-state index contributed by atoms with van der Waals surface area (Å²) in [6, 6.07) is 0. The molecule has 1 heterocycles. The Labute approximate surface area is 95.8 Å². The van der Waals surface area contributed by atoms with Gasteiger partial charge >= 0.3 is 0 Å². The molecule has 1 saturated heterocycles. The van der Waals surface area contributed by atoms with Crippen LogP contribution >= 0.6 is 0 Å². The number of hydrogen-bond donors (Lipinski definition) is 0. The lowest BCUT2D eigenvalue weighted by molar-refractivity contribution is -0.143. The van der Waals surface area contributed by atoms with E-state index in [1.54, 1.807) is 0 Å². The molecule has 2 fully saturated rings. The quantitative estimate of drug-likeness (QED) is 0.589. The van der Waals surface area contributed by atoms with Gasteiger partial charge < -0.3 is 9.47 Å². The summed E-state index contributed by atoms with van der Waals surface area (Å²) in [4.78, 5) is 12.0. The van der Waals surface area contributed by atoms with Crippen molar-refractivity contribution in [1.29, 1.82) is 0 Å². The van der Waals surface area contributed by atoms with Crippen LogP contribution in [0.5, 0.6) is 0 Å². The van der Waals surface area contributed by atoms with Crippen molar-refractivity contribution in [3.05, 3.63) is 12.2 Å². The number of rotatable bonds is 0. The van der Waals surface area contributed by atoms with Gasteiger partial charge in [-0.2, -0.15) is 0 Å². The van der Waals surface area contributed by atoms with E-state index in [4.69, 9.17) is 9.47 Å². The Morgan fingerprint density at radius 1 is 1.00 bits per heavy atom. The Kier molecular flexibility index (Phi) is 2.41. The van der Waals surface area contributed by atoms with Crippen LogP contribution in [0, 0.1) is 5.41 Å². The molecule has 0 N–H and O–H groups in total. The van der Waals surface area contributed by atoms with Gasteiger partial charge in [0.15, 0.2) is 5.79 Å². The van der Waals surface area contributed by atoms with Crippen molar-refractivity contribution in [2.45, 2.75) is 44.3 Å². The molecule has 0 amide bonds. The zero-order valence-electron chi connectivity index (χ0n) is 9.54. The van der Waals surface area contributed by atoms with E-state index in [2.05, 4.69) is 6.08 Å². The summed E-state index contributed by atoms with van der Waals surface area (Å²) in [6.07, 6.45) is 9.78. The normalized spacial score (nSPS) is 37.4. The van der Waals surface area contributed by atoms with Crippen LogP contribution < -0.4 is 0 Å². The summed E-state index contributed by atoms with van der Waals surface area (Å²) < 4.78 is 11.3. The summed E-state index contributed by atoms with van der Waals surface area (Å²) in [5, 5.41) is 0. The Bertz CT molecular complexity index is 328. The minimum Gasteiger partial charge on any atom is -0.344 e. The maximum absolute atomic E-state index is 12.0. The van der Waals surface area contributed by atoms with Crippen LogP contribution in [0.25, 0.3) is 0 Å². The summed E-state index contributed by atoms with van der Waals surface area (Å²) in [7, 11) is 0. The van der Waals surface area contributed by atoms with Crippen molar-refractivity contribution in [2.75, 3.05) is 13.2 Å². The average Bonchev–Trinajstić information content (AvgIpc) is 2.76. The SMILES string of the molecule is O=C1CCCCC12C=CC1(CC2)OCCO1. The largest absolute Gasteiger partial charge is 0.344 e. The van der Waals surface area contributed by atoms with E-state index in [1.807, 2.05) is 6.08 Å². The number of Topliss-reactive ketones (excluding diaryl/α,β-unsaturated/α-hetero) is 1. The van der Waals surface area contributed by atoms with E-state index in [0.717, 1.165) is 32.1 Å². The third-order valence-electron chi connectivity index (χ3n) is 4.18. The van der Waals surface area contributed by atoms with Gasteiger partial charge in [0.2, 0.25) is 0 Å². The van der Waals surface area contributed by atoms with E-state index >= 15 is 0 Å². The first-order valence-electron chi connectivity index (χ1n) is 6.26. The molecule has 16 heavy (non-hydrogen) atoms. The van der Waals surface area contributed by atoms with Crippen molar-refractivity contribution in [1.82, 2.24) is 0 Å². The van der Waals surface area contributed by atoms with Crippen LogP contribution in [0.3, 0.4) is 0 Å². The van der Waals surface area contributed by atoms with Crippen LogP contribution in [-0.4, -0.2) is 24.8 Å². The molecule has 3 aliphatic rings. The maximum atomic E-state index is 12.0. The Balaban J connectivity index is 1.82. The van der Waals surface area contributed by atoms with Gasteiger partial charge in [-0.3, -0.25) is 4.79 Å². The molecule has 0 bridgehead atoms. The number of carbonyl (C=O) groups excluding carboxylic acids is 1.